The van der Waals surface area contributed by atoms with Crippen LogP contribution in [0.25, 0.3) is 16.8 Å². The second-order valence-corrected chi connectivity index (χ2v) is 7.01. The molecule has 0 aliphatic heterocycles. The van der Waals surface area contributed by atoms with Gasteiger partial charge in [0, 0.05) is 23.9 Å². The standard InChI is InChI=1S/C21H16IN3/c22-20-13-19(16-5-2-1-3-6-16)24-21(25-20)17-10-8-15(9-11-17)18-7-4-12-23-14-18/h1-10,12-14,17H,11H2. The average molecular weight is 437 g/mol. The van der Waals surface area contributed by atoms with Crippen molar-refractivity contribution in [2.24, 2.45) is 0 Å². The largest absolute Gasteiger partial charge is 0.264 e. The SMILES string of the molecule is Ic1cc(-c2ccccc2)nc(C2C=CC(c3cccnc3)=CC2)n1. The quantitative estimate of drug-likeness (QED) is 0.414. The fraction of sp³-hybridized carbons (Fsp3) is 0.0952. The first-order chi connectivity index (χ1) is 12.3. The van der Waals surface area contributed by atoms with Gasteiger partial charge in [0.25, 0.3) is 0 Å². The Morgan fingerprint density at radius 1 is 0.960 bits per heavy atom. The Kier molecular flexibility index (Phi) is 4.70. The zero-order valence-electron chi connectivity index (χ0n) is 13.5. The van der Waals surface area contributed by atoms with Gasteiger partial charge in [-0.2, -0.15) is 0 Å². The third kappa shape index (κ3) is 3.69. The number of pyridine rings is 1. The highest BCUT2D eigenvalue weighted by atomic mass is 127. The van der Waals surface area contributed by atoms with Crippen molar-refractivity contribution < 1.29 is 0 Å². The minimum absolute atomic E-state index is 0.206. The highest BCUT2D eigenvalue weighted by Crippen LogP contribution is 2.30. The van der Waals surface area contributed by atoms with Crippen LogP contribution in [0.15, 0.2) is 79.2 Å². The molecule has 1 unspecified atom stereocenters. The van der Waals surface area contributed by atoms with E-state index >= 15 is 0 Å². The fourth-order valence-corrected chi connectivity index (χ4v) is 3.46. The van der Waals surface area contributed by atoms with E-state index in [-0.39, 0.29) is 5.92 Å². The number of hydrogen-bond acceptors (Lipinski definition) is 3. The molecule has 0 N–H and O–H groups in total. The Balaban J connectivity index is 1.61. The van der Waals surface area contributed by atoms with Gasteiger partial charge in [-0.1, -0.05) is 54.6 Å². The van der Waals surface area contributed by atoms with Gasteiger partial charge in [-0.25, -0.2) is 9.97 Å². The molecule has 0 saturated carbocycles. The topological polar surface area (TPSA) is 38.7 Å². The molecule has 122 valence electrons. The van der Waals surface area contributed by atoms with Crippen molar-refractivity contribution in [1.29, 1.82) is 0 Å². The van der Waals surface area contributed by atoms with Gasteiger partial charge in [-0.05, 0) is 52.3 Å². The number of halogens is 1. The smallest absolute Gasteiger partial charge is 0.137 e. The summed E-state index contributed by atoms with van der Waals surface area (Å²) in [7, 11) is 0. The summed E-state index contributed by atoms with van der Waals surface area (Å²) in [6.45, 7) is 0. The first-order valence-electron chi connectivity index (χ1n) is 8.18. The summed E-state index contributed by atoms with van der Waals surface area (Å²) < 4.78 is 0.969. The van der Waals surface area contributed by atoms with Crippen LogP contribution in [0.5, 0.6) is 0 Å². The number of aromatic nitrogens is 3. The molecule has 0 saturated heterocycles. The van der Waals surface area contributed by atoms with Crippen LogP contribution in [0.1, 0.15) is 23.7 Å². The Labute approximate surface area is 160 Å². The third-order valence-corrected chi connectivity index (χ3v) is 4.76. The van der Waals surface area contributed by atoms with Crippen LogP contribution in [-0.4, -0.2) is 15.0 Å². The van der Waals surface area contributed by atoms with Crippen LogP contribution in [-0.2, 0) is 0 Å². The van der Waals surface area contributed by atoms with Crippen molar-refractivity contribution in [2.45, 2.75) is 12.3 Å². The van der Waals surface area contributed by atoms with Crippen molar-refractivity contribution in [3.8, 4) is 11.3 Å². The van der Waals surface area contributed by atoms with E-state index in [1.165, 1.54) is 5.57 Å². The number of hydrogen-bond donors (Lipinski definition) is 0. The molecule has 1 aliphatic carbocycles. The van der Waals surface area contributed by atoms with Crippen molar-refractivity contribution in [2.75, 3.05) is 0 Å². The van der Waals surface area contributed by atoms with Crippen molar-refractivity contribution in [3.63, 3.8) is 0 Å². The molecule has 0 spiro atoms. The molecule has 2 heterocycles. The highest BCUT2D eigenvalue weighted by Gasteiger charge is 2.16. The number of nitrogens with zero attached hydrogens (tertiary/aromatic N) is 3. The minimum Gasteiger partial charge on any atom is -0.264 e. The molecule has 1 aliphatic rings. The van der Waals surface area contributed by atoms with Crippen molar-refractivity contribution in [3.05, 3.63) is 94.2 Å². The predicted molar refractivity (Wildman–Crippen MR) is 109 cm³/mol. The van der Waals surface area contributed by atoms with Gasteiger partial charge in [-0.15, -0.1) is 0 Å². The highest BCUT2D eigenvalue weighted by molar-refractivity contribution is 14.1. The fourth-order valence-electron chi connectivity index (χ4n) is 2.92. The third-order valence-electron chi connectivity index (χ3n) is 4.21. The van der Waals surface area contributed by atoms with Crippen molar-refractivity contribution in [1.82, 2.24) is 15.0 Å². The lowest BCUT2D eigenvalue weighted by Crippen LogP contribution is -2.06. The van der Waals surface area contributed by atoms with Gasteiger partial charge in [0.15, 0.2) is 0 Å². The Hall–Kier alpha value is -2.34. The molecular formula is C21H16IN3. The summed E-state index contributed by atoms with van der Waals surface area (Å²) >= 11 is 2.27. The zero-order valence-corrected chi connectivity index (χ0v) is 15.7. The van der Waals surface area contributed by atoms with E-state index in [4.69, 9.17) is 4.98 Å². The van der Waals surface area contributed by atoms with Crippen LogP contribution in [0.3, 0.4) is 0 Å². The zero-order chi connectivity index (χ0) is 17.1. The van der Waals surface area contributed by atoms with Crippen LogP contribution in [0.4, 0.5) is 0 Å². The number of benzene rings is 1. The van der Waals surface area contributed by atoms with E-state index < -0.39 is 0 Å². The maximum atomic E-state index is 4.82. The molecule has 0 radical (unpaired) electrons. The normalized spacial score (nSPS) is 16.5. The predicted octanol–water partition coefficient (Wildman–Crippen LogP) is 5.27. The van der Waals surface area contributed by atoms with Gasteiger partial charge in [0.2, 0.25) is 0 Å². The van der Waals surface area contributed by atoms with Crippen LogP contribution < -0.4 is 0 Å². The van der Waals surface area contributed by atoms with Gasteiger partial charge >= 0.3 is 0 Å². The molecule has 1 aromatic carbocycles. The summed E-state index contributed by atoms with van der Waals surface area (Å²) in [6, 6.07) is 16.3. The van der Waals surface area contributed by atoms with E-state index in [1.54, 1.807) is 6.20 Å². The summed E-state index contributed by atoms with van der Waals surface area (Å²) in [5.41, 5.74) is 4.45. The average Bonchev–Trinajstić information content (AvgIpc) is 2.69. The van der Waals surface area contributed by atoms with E-state index in [0.29, 0.717) is 0 Å². The lowest BCUT2D eigenvalue weighted by Gasteiger charge is -2.16. The van der Waals surface area contributed by atoms with Crippen molar-refractivity contribution >= 4 is 28.2 Å². The lowest BCUT2D eigenvalue weighted by molar-refractivity contribution is 0.770. The second-order valence-electron chi connectivity index (χ2n) is 5.90. The van der Waals surface area contributed by atoms with Gasteiger partial charge in [-0.3, -0.25) is 4.98 Å². The van der Waals surface area contributed by atoms with Crippen LogP contribution in [0, 0.1) is 3.70 Å². The summed E-state index contributed by atoms with van der Waals surface area (Å²) in [4.78, 5) is 13.7. The Morgan fingerprint density at radius 3 is 2.52 bits per heavy atom. The van der Waals surface area contributed by atoms with E-state index in [1.807, 2.05) is 36.5 Å². The van der Waals surface area contributed by atoms with Gasteiger partial charge in [0.1, 0.15) is 9.53 Å². The number of rotatable bonds is 3. The first-order valence-corrected chi connectivity index (χ1v) is 9.26. The summed E-state index contributed by atoms with van der Waals surface area (Å²) in [5.74, 6) is 1.08. The van der Waals surface area contributed by atoms with Gasteiger partial charge < -0.3 is 0 Å². The van der Waals surface area contributed by atoms with E-state index in [0.717, 1.165) is 32.8 Å². The lowest BCUT2D eigenvalue weighted by atomic mass is 9.93. The molecule has 0 amide bonds. The molecule has 0 bridgehead atoms. The second kappa shape index (κ2) is 7.27. The molecule has 4 heteroatoms. The first kappa shape index (κ1) is 16.1. The van der Waals surface area contributed by atoms with Crippen LogP contribution >= 0.6 is 22.6 Å². The maximum Gasteiger partial charge on any atom is 0.137 e. The molecule has 1 atom stereocenters. The monoisotopic (exact) mass is 437 g/mol. The van der Waals surface area contributed by atoms with Gasteiger partial charge in [0.05, 0.1) is 5.69 Å². The van der Waals surface area contributed by atoms with E-state index in [2.05, 4.69) is 69.0 Å². The summed E-state index contributed by atoms with van der Waals surface area (Å²) in [6.07, 6.45) is 11.2. The van der Waals surface area contributed by atoms with Crippen LogP contribution in [0.2, 0.25) is 0 Å². The molecule has 3 nitrogen and oxygen atoms in total. The molecule has 25 heavy (non-hydrogen) atoms. The molecular weight excluding hydrogens is 421 g/mol. The molecule has 4 rings (SSSR count). The summed E-state index contributed by atoms with van der Waals surface area (Å²) in [5, 5.41) is 0. The molecule has 0 fully saturated rings. The Morgan fingerprint density at radius 2 is 1.80 bits per heavy atom. The molecule has 3 aromatic rings. The van der Waals surface area contributed by atoms with E-state index in [9.17, 15) is 0 Å². The molecule has 2 aromatic heterocycles. The number of allylic oxidation sites excluding steroid dienone is 4. The Bertz CT molecular complexity index is 934. The maximum absolute atomic E-state index is 4.82. The minimum atomic E-state index is 0.206.